The Morgan fingerprint density at radius 2 is 2.14 bits per heavy atom. The van der Waals surface area contributed by atoms with E-state index in [0.29, 0.717) is 12.3 Å². The summed E-state index contributed by atoms with van der Waals surface area (Å²) in [7, 11) is 0. The molecule has 0 aromatic rings. The first-order valence-corrected chi connectivity index (χ1v) is 5.09. The first-order valence-electron chi connectivity index (χ1n) is 5.09. The van der Waals surface area contributed by atoms with Gasteiger partial charge in [0.05, 0.1) is 0 Å². The molecule has 2 N–H and O–H groups in total. The summed E-state index contributed by atoms with van der Waals surface area (Å²) in [4.78, 5) is 22.2. The van der Waals surface area contributed by atoms with Crippen molar-refractivity contribution in [3.63, 3.8) is 0 Å². The summed E-state index contributed by atoms with van der Waals surface area (Å²) in [5.74, 6) is -0.563. The lowest BCUT2D eigenvalue weighted by molar-refractivity contribution is -0.142. The van der Waals surface area contributed by atoms with Crippen LogP contribution in [0.2, 0.25) is 0 Å². The molecule has 0 radical (unpaired) electrons. The van der Waals surface area contributed by atoms with Crippen molar-refractivity contribution in [2.45, 2.75) is 39.2 Å². The fraction of sp³-hybridized carbons (Fsp3) is 0.800. The van der Waals surface area contributed by atoms with Gasteiger partial charge in [0.2, 0.25) is 5.91 Å². The molecule has 0 aromatic heterocycles. The third-order valence-electron chi connectivity index (χ3n) is 2.64. The number of carbonyl (C=O) groups is 2. The molecule has 0 aromatic carbocycles. The van der Waals surface area contributed by atoms with Crippen LogP contribution in [-0.2, 0) is 9.59 Å². The molecule has 14 heavy (non-hydrogen) atoms. The molecular formula is C10H17NO3. The number of carboxylic acids is 1. The van der Waals surface area contributed by atoms with Crippen LogP contribution in [0.1, 0.15) is 33.1 Å². The number of hydrogen-bond acceptors (Lipinski definition) is 2. The van der Waals surface area contributed by atoms with E-state index in [4.69, 9.17) is 5.11 Å². The Balaban J connectivity index is 2.38. The molecule has 0 bridgehead atoms. The Kier molecular flexibility index (Phi) is 3.49. The van der Waals surface area contributed by atoms with Crippen LogP contribution >= 0.6 is 0 Å². The van der Waals surface area contributed by atoms with Crippen molar-refractivity contribution in [3.8, 4) is 0 Å². The van der Waals surface area contributed by atoms with Gasteiger partial charge in [0.15, 0.2) is 0 Å². The van der Waals surface area contributed by atoms with Crippen molar-refractivity contribution in [2.24, 2.45) is 11.8 Å². The second kappa shape index (κ2) is 4.44. The minimum Gasteiger partial charge on any atom is -0.480 e. The van der Waals surface area contributed by atoms with Gasteiger partial charge in [-0.3, -0.25) is 4.79 Å². The van der Waals surface area contributed by atoms with Gasteiger partial charge >= 0.3 is 5.97 Å². The van der Waals surface area contributed by atoms with Crippen LogP contribution in [0.4, 0.5) is 0 Å². The van der Waals surface area contributed by atoms with Crippen LogP contribution < -0.4 is 5.32 Å². The van der Waals surface area contributed by atoms with Crippen molar-refractivity contribution >= 4 is 11.9 Å². The quantitative estimate of drug-likeness (QED) is 0.694. The van der Waals surface area contributed by atoms with Crippen LogP contribution in [0.15, 0.2) is 0 Å². The second-order valence-corrected chi connectivity index (χ2v) is 4.01. The molecule has 1 rings (SSSR count). The minimum absolute atomic E-state index is 0.0497. The van der Waals surface area contributed by atoms with Crippen LogP contribution in [0.5, 0.6) is 0 Å². The minimum atomic E-state index is -0.937. The molecule has 3 atom stereocenters. The highest BCUT2D eigenvalue weighted by Gasteiger charge is 2.40. The Labute approximate surface area is 83.7 Å². The van der Waals surface area contributed by atoms with E-state index < -0.39 is 12.0 Å². The van der Waals surface area contributed by atoms with Crippen LogP contribution in [0, 0.1) is 11.8 Å². The summed E-state index contributed by atoms with van der Waals surface area (Å²) in [5.41, 5.74) is 0. The van der Waals surface area contributed by atoms with Gasteiger partial charge in [0.1, 0.15) is 6.04 Å². The first kappa shape index (κ1) is 11.0. The molecule has 80 valence electrons. The monoisotopic (exact) mass is 199 g/mol. The molecule has 4 nitrogen and oxygen atoms in total. The highest BCUT2D eigenvalue weighted by Crippen LogP contribution is 2.37. The topological polar surface area (TPSA) is 66.4 Å². The summed E-state index contributed by atoms with van der Waals surface area (Å²) >= 11 is 0. The molecule has 1 aliphatic carbocycles. The number of aliphatic carboxylic acids is 1. The molecule has 0 spiro atoms. The van der Waals surface area contributed by atoms with Crippen molar-refractivity contribution in [2.75, 3.05) is 0 Å². The maximum Gasteiger partial charge on any atom is 0.326 e. The van der Waals surface area contributed by atoms with Crippen molar-refractivity contribution in [3.05, 3.63) is 0 Å². The van der Waals surface area contributed by atoms with E-state index in [1.54, 1.807) is 0 Å². The maximum atomic E-state index is 11.4. The van der Waals surface area contributed by atoms with Crippen molar-refractivity contribution in [1.29, 1.82) is 0 Å². The summed E-state index contributed by atoms with van der Waals surface area (Å²) in [5, 5.41) is 11.4. The lowest BCUT2D eigenvalue weighted by atomic mass is 10.1. The Hall–Kier alpha value is -1.06. The third-order valence-corrected chi connectivity index (χ3v) is 2.64. The van der Waals surface area contributed by atoms with Gasteiger partial charge in [-0.1, -0.05) is 20.3 Å². The number of nitrogens with one attached hydrogen (secondary N) is 1. The van der Waals surface area contributed by atoms with E-state index in [1.807, 2.05) is 13.8 Å². The van der Waals surface area contributed by atoms with Crippen molar-refractivity contribution in [1.82, 2.24) is 5.32 Å². The maximum absolute atomic E-state index is 11.4. The molecule has 4 heteroatoms. The van der Waals surface area contributed by atoms with E-state index in [0.717, 1.165) is 12.8 Å². The summed E-state index contributed by atoms with van der Waals surface area (Å²) in [6, 6.07) is -0.708. The zero-order chi connectivity index (χ0) is 10.7. The highest BCUT2D eigenvalue weighted by atomic mass is 16.4. The zero-order valence-corrected chi connectivity index (χ0v) is 8.62. The molecule has 0 heterocycles. The Bertz CT molecular complexity index is 240. The number of hydrogen-bond donors (Lipinski definition) is 2. The number of amides is 1. The molecule has 0 aliphatic heterocycles. The average molecular weight is 199 g/mol. The fourth-order valence-corrected chi connectivity index (χ4v) is 1.51. The van der Waals surface area contributed by atoms with Gasteiger partial charge in [0, 0.05) is 5.92 Å². The third kappa shape index (κ3) is 2.72. The molecule has 2 unspecified atom stereocenters. The SMILES string of the molecule is CCC[C@H](NC(=O)C1CC1C)C(=O)O. The number of carbonyl (C=O) groups excluding carboxylic acids is 1. The standard InChI is InChI=1S/C10H17NO3/c1-3-4-8(10(13)14)11-9(12)7-5-6(7)2/h6-8H,3-5H2,1-2H3,(H,11,12)(H,13,14)/t6?,7?,8-/m0/s1. The van der Waals surface area contributed by atoms with Gasteiger partial charge in [0.25, 0.3) is 0 Å². The van der Waals surface area contributed by atoms with Crippen molar-refractivity contribution < 1.29 is 14.7 Å². The zero-order valence-electron chi connectivity index (χ0n) is 8.62. The van der Waals surface area contributed by atoms with Crippen LogP contribution in [0.3, 0.4) is 0 Å². The predicted molar refractivity (Wildman–Crippen MR) is 51.7 cm³/mol. The van der Waals surface area contributed by atoms with Gasteiger partial charge in [-0.25, -0.2) is 4.79 Å². The molecule has 1 amide bonds. The van der Waals surface area contributed by atoms with E-state index in [2.05, 4.69) is 5.32 Å². The summed E-state index contributed by atoms with van der Waals surface area (Å²) in [6.07, 6.45) is 2.16. The molecule has 0 saturated heterocycles. The highest BCUT2D eigenvalue weighted by molar-refractivity contribution is 5.86. The number of carboxylic acid groups (broad SMARTS) is 1. The van der Waals surface area contributed by atoms with Gasteiger partial charge in [-0.2, -0.15) is 0 Å². The molecule has 1 saturated carbocycles. The van der Waals surface area contributed by atoms with E-state index >= 15 is 0 Å². The molecular weight excluding hydrogens is 182 g/mol. The van der Waals surface area contributed by atoms with E-state index in [-0.39, 0.29) is 11.8 Å². The summed E-state index contributed by atoms with van der Waals surface area (Å²) in [6.45, 7) is 3.90. The van der Waals surface area contributed by atoms with Crippen LogP contribution in [-0.4, -0.2) is 23.0 Å². The first-order chi connectivity index (χ1) is 6.56. The predicted octanol–water partition coefficient (Wildman–Crippen LogP) is 1.01. The lowest BCUT2D eigenvalue weighted by Gasteiger charge is -2.12. The van der Waals surface area contributed by atoms with Gasteiger partial charge in [-0.15, -0.1) is 0 Å². The normalized spacial score (nSPS) is 26.7. The second-order valence-electron chi connectivity index (χ2n) is 4.01. The lowest BCUT2D eigenvalue weighted by Crippen LogP contribution is -2.41. The van der Waals surface area contributed by atoms with Crippen LogP contribution in [0.25, 0.3) is 0 Å². The van der Waals surface area contributed by atoms with E-state index in [9.17, 15) is 9.59 Å². The number of rotatable bonds is 5. The largest absolute Gasteiger partial charge is 0.480 e. The Morgan fingerprint density at radius 1 is 1.57 bits per heavy atom. The Morgan fingerprint density at radius 3 is 2.50 bits per heavy atom. The van der Waals surface area contributed by atoms with E-state index in [1.165, 1.54) is 0 Å². The average Bonchev–Trinajstić information content (AvgIpc) is 2.81. The molecule has 1 aliphatic rings. The fourth-order valence-electron chi connectivity index (χ4n) is 1.51. The van der Waals surface area contributed by atoms with Gasteiger partial charge in [-0.05, 0) is 18.8 Å². The smallest absolute Gasteiger partial charge is 0.326 e. The molecule has 1 fully saturated rings. The summed E-state index contributed by atoms with van der Waals surface area (Å²) < 4.78 is 0. The van der Waals surface area contributed by atoms with Gasteiger partial charge < -0.3 is 10.4 Å².